The van der Waals surface area contributed by atoms with Crippen LogP contribution >= 0.6 is 11.6 Å². The lowest BCUT2D eigenvalue weighted by Gasteiger charge is -2.31. The minimum absolute atomic E-state index is 0.0604. The highest BCUT2D eigenvalue weighted by Crippen LogP contribution is 2.27. The molecule has 0 atom stereocenters. The van der Waals surface area contributed by atoms with Crippen molar-refractivity contribution in [3.63, 3.8) is 0 Å². The highest BCUT2D eigenvalue weighted by Gasteiger charge is 2.31. The third-order valence-corrected chi connectivity index (χ3v) is 3.99. The number of amides is 1. The highest BCUT2D eigenvalue weighted by atomic mass is 35.5. The van der Waals surface area contributed by atoms with Crippen LogP contribution in [0.3, 0.4) is 0 Å². The fraction of sp³-hybridized carbons (Fsp3) is 0.538. The van der Waals surface area contributed by atoms with Gasteiger partial charge in [0.2, 0.25) is 5.15 Å². The van der Waals surface area contributed by atoms with E-state index in [0.717, 1.165) is 19.3 Å². The van der Waals surface area contributed by atoms with E-state index in [-0.39, 0.29) is 16.3 Å². The van der Waals surface area contributed by atoms with Crippen LogP contribution in [0.15, 0.2) is 12.3 Å². The van der Waals surface area contributed by atoms with Crippen molar-refractivity contribution in [3.05, 3.63) is 33.1 Å². The molecule has 0 aliphatic heterocycles. The number of carbonyl (C=O) groups excluding carboxylic acids is 1. The van der Waals surface area contributed by atoms with Gasteiger partial charge in [0, 0.05) is 11.7 Å². The van der Waals surface area contributed by atoms with Crippen LogP contribution in [0.4, 0.5) is 5.69 Å². The molecule has 1 aromatic rings. The van der Waals surface area contributed by atoms with Crippen LogP contribution in [-0.2, 0) is 0 Å². The number of nitrogens with one attached hydrogen (secondary N) is 1. The molecule has 0 bridgehead atoms. The molecule has 110 valence electrons. The van der Waals surface area contributed by atoms with Crippen LogP contribution < -0.4 is 5.32 Å². The van der Waals surface area contributed by atoms with E-state index < -0.39 is 16.5 Å². The first kappa shape index (κ1) is 16.4. The summed E-state index contributed by atoms with van der Waals surface area (Å²) in [4.78, 5) is 26.3. The second-order valence-corrected chi connectivity index (χ2v) is 4.91. The lowest BCUT2D eigenvalue weighted by molar-refractivity contribution is -0.385. The normalized spacial score (nSPS) is 11.2. The SMILES string of the molecule is CCC(CC)(CC)NC(=O)c1ccnc(Cl)c1[N+](=O)[O-]. The fourth-order valence-corrected chi connectivity index (χ4v) is 2.34. The Morgan fingerprint density at radius 1 is 1.40 bits per heavy atom. The van der Waals surface area contributed by atoms with Crippen LogP contribution in [0.25, 0.3) is 0 Å². The third kappa shape index (κ3) is 3.25. The Kier molecular flexibility index (Phi) is 5.44. The first-order chi connectivity index (χ1) is 9.40. The number of carbonyl (C=O) groups is 1. The lowest BCUT2D eigenvalue weighted by Crippen LogP contribution is -2.47. The molecule has 1 rings (SSSR count). The Morgan fingerprint density at radius 2 is 1.95 bits per heavy atom. The first-order valence-corrected chi connectivity index (χ1v) is 6.90. The molecule has 7 heteroatoms. The minimum atomic E-state index is -0.685. The third-order valence-electron chi connectivity index (χ3n) is 3.72. The summed E-state index contributed by atoms with van der Waals surface area (Å²) in [5, 5.41) is 13.6. The van der Waals surface area contributed by atoms with E-state index >= 15 is 0 Å². The summed E-state index contributed by atoms with van der Waals surface area (Å²) < 4.78 is 0. The summed E-state index contributed by atoms with van der Waals surface area (Å²) in [5.74, 6) is -0.494. The van der Waals surface area contributed by atoms with E-state index in [9.17, 15) is 14.9 Å². The van der Waals surface area contributed by atoms with Crippen molar-refractivity contribution in [2.24, 2.45) is 0 Å². The Balaban J connectivity index is 3.16. The zero-order valence-electron chi connectivity index (χ0n) is 11.8. The van der Waals surface area contributed by atoms with Crippen molar-refractivity contribution >= 4 is 23.2 Å². The van der Waals surface area contributed by atoms with Crippen molar-refractivity contribution in [2.75, 3.05) is 0 Å². The molecule has 0 aliphatic carbocycles. The van der Waals surface area contributed by atoms with Gasteiger partial charge in [-0.15, -0.1) is 0 Å². The maximum absolute atomic E-state index is 12.3. The number of hydrogen-bond acceptors (Lipinski definition) is 4. The molecule has 0 spiro atoms. The maximum atomic E-state index is 12.3. The van der Waals surface area contributed by atoms with Gasteiger partial charge in [-0.3, -0.25) is 14.9 Å². The van der Waals surface area contributed by atoms with Crippen molar-refractivity contribution in [3.8, 4) is 0 Å². The molecule has 20 heavy (non-hydrogen) atoms. The number of nitro groups is 1. The molecule has 0 aliphatic rings. The average Bonchev–Trinajstić information content (AvgIpc) is 2.44. The number of rotatable bonds is 6. The Bertz CT molecular complexity index is 507. The van der Waals surface area contributed by atoms with E-state index in [1.54, 1.807) is 0 Å². The zero-order valence-corrected chi connectivity index (χ0v) is 12.5. The first-order valence-electron chi connectivity index (χ1n) is 6.52. The number of halogens is 1. The van der Waals surface area contributed by atoms with E-state index in [4.69, 9.17) is 11.6 Å². The van der Waals surface area contributed by atoms with E-state index in [1.165, 1.54) is 12.3 Å². The maximum Gasteiger partial charge on any atom is 0.319 e. The molecule has 0 aromatic carbocycles. The molecule has 0 saturated heterocycles. The topological polar surface area (TPSA) is 85.1 Å². The number of hydrogen-bond donors (Lipinski definition) is 1. The van der Waals surface area contributed by atoms with Crippen molar-refractivity contribution < 1.29 is 9.72 Å². The van der Waals surface area contributed by atoms with Gasteiger partial charge in [-0.2, -0.15) is 0 Å². The molecule has 0 fully saturated rings. The molecule has 1 N–H and O–H groups in total. The largest absolute Gasteiger partial charge is 0.346 e. The van der Waals surface area contributed by atoms with Gasteiger partial charge in [-0.1, -0.05) is 32.4 Å². The number of pyridine rings is 1. The lowest BCUT2D eigenvalue weighted by atomic mass is 9.89. The molecular formula is C13H18ClN3O3. The monoisotopic (exact) mass is 299 g/mol. The van der Waals surface area contributed by atoms with Gasteiger partial charge >= 0.3 is 5.69 Å². The van der Waals surface area contributed by atoms with Crippen LogP contribution in [0.2, 0.25) is 5.15 Å². The molecular weight excluding hydrogens is 282 g/mol. The van der Waals surface area contributed by atoms with Crippen LogP contribution in [0.5, 0.6) is 0 Å². The molecule has 6 nitrogen and oxygen atoms in total. The summed E-state index contributed by atoms with van der Waals surface area (Å²) in [6.45, 7) is 5.92. The van der Waals surface area contributed by atoms with E-state index in [1.807, 2.05) is 20.8 Å². The van der Waals surface area contributed by atoms with Gasteiger partial charge in [0.25, 0.3) is 5.91 Å². The summed E-state index contributed by atoms with van der Waals surface area (Å²) >= 11 is 5.71. The Hall–Kier alpha value is -1.69. The fourth-order valence-electron chi connectivity index (χ4n) is 2.11. The second kappa shape index (κ2) is 6.65. The smallest absolute Gasteiger partial charge is 0.319 e. The van der Waals surface area contributed by atoms with Gasteiger partial charge in [-0.25, -0.2) is 4.98 Å². The highest BCUT2D eigenvalue weighted by molar-refractivity contribution is 6.32. The standard InChI is InChI=1S/C13H18ClN3O3/c1-4-13(5-2,6-3)16-12(18)9-7-8-15-11(14)10(9)17(19)20/h7-8H,4-6H2,1-3H3,(H,16,18). The Labute approximate surface area is 122 Å². The van der Waals surface area contributed by atoms with Crippen LogP contribution in [-0.4, -0.2) is 21.4 Å². The molecule has 1 aromatic heterocycles. The van der Waals surface area contributed by atoms with Gasteiger partial charge in [-0.05, 0) is 25.3 Å². The summed E-state index contributed by atoms with van der Waals surface area (Å²) in [7, 11) is 0. The van der Waals surface area contributed by atoms with Crippen molar-refractivity contribution in [1.82, 2.24) is 10.3 Å². The number of nitrogens with zero attached hydrogens (tertiary/aromatic N) is 2. The molecule has 0 unspecified atom stereocenters. The minimum Gasteiger partial charge on any atom is -0.346 e. The van der Waals surface area contributed by atoms with Crippen LogP contribution in [0, 0.1) is 10.1 Å². The summed E-state index contributed by atoms with van der Waals surface area (Å²) in [6, 6.07) is 1.31. The molecule has 0 radical (unpaired) electrons. The molecule has 1 heterocycles. The van der Waals surface area contributed by atoms with Crippen LogP contribution in [0.1, 0.15) is 50.4 Å². The summed E-state index contributed by atoms with van der Waals surface area (Å²) in [5.41, 5.74) is -0.876. The number of aromatic nitrogens is 1. The quantitative estimate of drug-likeness (QED) is 0.496. The second-order valence-electron chi connectivity index (χ2n) is 4.55. The predicted molar refractivity (Wildman–Crippen MR) is 77.0 cm³/mol. The van der Waals surface area contributed by atoms with Crippen molar-refractivity contribution in [1.29, 1.82) is 0 Å². The zero-order chi connectivity index (χ0) is 15.3. The Morgan fingerprint density at radius 3 is 2.40 bits per heavy atom. The van der Waals surface area contributed by atoms with Crippen molar-refractivity contribution in [2.45, 2.75) is 45.6 Å². The average molecular weight is 300 g/mol. The van der Waals surface area contributed by atoms with Gasteiger partial charge < -0.3 is 5.32 Å². The van der Waals surface area contributed by atoms with E-state index in [0.29, 0.717) is 0 Å². The predicted octanol–water partition coefficient (Wildman–Crippen LogP) is 3.34. The van der Waals surface area contributed by atoms with Gasteiger partial charge in [0.15, 0.2) is 0 Å². The van der Waals surface area contributed by atoms with E-state index in [2.05, 4.69) is 10.3 Å². The molecule has 1 amide bonds. The van der Waals surface area contributed by atoms with Gasteiger partial charge in [0.1, 0.15) is 5.56 Å². The van der Waals surface area contributed by atoms with Gasteiger partial charge in [0.05, 0.1) is 4.92 Å². The molecule has 0 saturated carbocycles. The summed E-state index contributed by atoms with van der Waals surface area (Å²) in [6.07, 6.45) is 3.53.